The Hall–Kier alpha value is -0.890. The molecule has 0 aliphatic heterocycles. The van der Waals surface area contributed by atoms with Gasteiger partial charge in [-0.25, -0.2) is 4.98 Å². The zero-order valence-corrected chi connectivity index (χ0v) is 11.0. The SMILES string of the molecule is CC.CC(C)(C)c1nc2ccccc2s1. The van der Waals surface area contributed by atoms with Gasteiger partial charge in [0.2, 0.25) is 0 Å². The molecule has 1 heterocycles. The van der Waals surface area contributed by atoms with E-state index in [-0.39, 0.29) is 5.41 Å². The molecule has 0 bridgehead atoms. The number of rotatable bonds is 0. The van der Waals surface area contributed by atoms with E-state index in [9.17, 15) is 0 Å². The largest absolute Gasteiger partial charge is 0.241 e. The lowest BCUT2D eigenvalue weighted by Crippen LogP contribution is -2.09. The van der Waals surface area contributed by atoms with Crippen molar-refractivity contribution >= 4 is 21.6 Å². The highest BCUT2D eigenvalue weighted by atomic mass is 32.1. The van der Waals surface area contributed by atoms with Crippen molar-refractivity contribution < 1.29 is 0 Å². The number of hydrogen-bond donors (Lipinski definition) is 0. The molecular weight excluding hydrogens is 202 g/mol. The van der Waals surface area contributed by atoms with E-state index in [2.05, 4.69) is 44.0 Å². The average Bonchev–Trinajstić information content (AvgIpc) is 2.63. The summed E-state index contributed by atoms with van der Waals surface area (Å²) in [6.45, 7) is 10.6. The summed E-state index contributed by atoms with van der Waals surface area (Å²) in [5, 5.41) is 1.22. The molecule has 0 amide bonds. The third-order valence-electron chi connectivity index (χ3n) is 1.94. The maximum Gasteiger partial charge on any atom is 0.0992 e. The lowest BCUT2D eigenvalue weighted by Gasteiger charge is -2.13. The molecule has 2 aromatic rings. The molecule has 15 heavy (non-hydrogen) atoms. The number of hydrogen-bond acceptors (Lipinski definition) is 2. The van der Waals surface area contributed by atoms with Crippen LogP contribution in [0.25, 0.3) is 10.2 Å². The van der Waals surface area contributed by atoms with Gasteiger partial charge in [0.05, 0.1) is 15.2 Å². The van der Waals surface area contributed by atoms with Crippen molar-refractivity contribution in [1.29, 1.82) is 0 Å². The van der Waals surface area contributed by atoms with E-state index in [0.29, 0.717) is 0 Å². The van der Waals surface area contributed by atoms with Crippen LogP contribution < -0.4 is 0 Å². The van der Waals surface area contributed by atoms with Crippen LogP contribution in [0.1, 0.15) is 39.6 Å². The molecule has 0 unspecified atom stereocenters. The second-order valence-electron chi connectivity index (χ2n) is 4.24. The summed E-state index contributed by atoms with van der Waals surface area (Å²) >= 11 is 1.79. The standard InChI is InChI=1S/C11H13NS.C2H6/c1-11(2,3)10-12-8-6-4-5-7-9(8)13-10;1-2/h4-7H,1-3H3;1-2H3. The van der Waals surface area contributed by atoms with Crippen molar-refractivity contribution in [2.45, 2.75) is 40.0 Å². The Morgan fingerprint density at radius 1 is 1.07 bits per heavy atom. The molecular formula is C13H19NS. The minimum Gasteiger partial charge on any atom is -0.241 e. The van der Waals surface area contributed by atoms with Crippen LogP contribution in [-0.2, 0) is 5.41 Å². The molecule has 0 atom stereocenters. The first-order valence-electron chi connectivity index (χ1n) is 5.43. The maximum absolute atomic E-state index is 4.60. The van der Waals surface area contributed by atoms with Gasteiger partial charge in [0, 0.05) is 5.41 Å². The van der Waals surface area contributed by atoms with Crippen molar-refractivity contribution in [2.75, 3.05) is 0 Å². The fraction of sp³-hybridized carbons (Fsp3) is 0.462. The van der Waals surface area contributed by atoms with Crippen LogP contribution in [0.3, 0.4) is 0 Å². The van der Waals surface area contributed by atoms with E-state index in [1.807, 2.05) is 19.9 Å². The van der Waals surface area contributed by atoms with E-state index >= 15 is 0 Å². The van der Waals surface area contributed by atoms with Gasteiger partial charge < -0.3 is 0 Å². The van der Waals surface area contributed by atoms with Gasteiger partial charge >= 0.3 is 0 Å². The molecule has 0 spiro atoms. The van der Waals surface area contributed by atoms with Crippen LogP contribution in [0.5, 0.6) is 0 Å². The van der Waals surface area contributed by atoms with Crippen molar-refractivity contribution in [2.24, 2.45) is 0 Å². The molecule has 1 aromatic carbocycles. The smallest absolute Gasteiger partial charge is 0.0992 e. The summed E-state index contributed by atoms with van der Waals surface area (Å²) in [7, 11) is 0. The maximum atomic E-state index is 4.60. The molecule has 0 saturated heterocycles. The van der Waals surface area contributed by atoms with Gasteiger partial charge in [-0.2, -0.15) is 0 Å². The number of nitrogens with zero attached hydrogens (tertiary/aromatic N) is 1. The van der Waals surface area contributed by atoms with Crippen molar-refractivity contribution in [1.82, 2.24) is 4.98 Å². The zero-order valence-electron chi connectivity index (χ0n) is 10.2. The zero-order chi connectivity index (χ0) is 11.5. The Morgan fingerprint density at radius 2 is 1.67 bits per heavy atom. The Balaban J connectivity index is 0.000000531. The molecule has 2 heteroatoms. The third-order valence-corrected chi connectivity index (χ3v) is 3.40. The molecule has 2 rings (SSSR count). The van der Waals surface area contributed by atoms with Crippen molar-refractivity contribution in [3.63, 3.8) is 0 Å². The van der Waals surface area contributed by atoms with Gasteiger partial charge in [-0.15, -0.1) is 11.3 Å². The minimum atomic E-state index is 0.170. The first-order valence-corrected chi connectivity index (χ1v) is 6.25. The third kappa shape index (κ3) is 2.78. The van der Waals surface area contributed by atoms with Crippen LogP contribution in [0, 0.1) is 0 Å². The van der Waals surface area contributed by atoms with Crippen molar-refractivity contribution in [3.8, 4) is 0 Å². The number of fused-ring (bicyclic) bond motifs is 1. The van der Waals surface area contributed by atoms with Crippen LogP contribution in [0.2, 0.25) is 0 Å². The Bertz CT molecular complexity index is 390. The van der Waals surface area contributed by atoms with Crippen molar-refractivity contribution in [3.05, 3.63) is 29.3 Å². The summed E-state index contributed by atoms with van der Waals surface area (Å²) in [6, 6.07) is 8.30. The van der Waals surface area contributed by atoms with Gasteiger partial charge in [0.1, 0.15) is 0 Å². The predicted octanol–water partition coefficient (Wildman–Crippen LogP) is 4.62. The summed E-state index contributed by atoms with van der Waals surface area (Å²) < 4.78 is 1.28. The first kappa shape index (κ1) is 12.2. The molecule has 0 aliphatic carbocycles. The number of aromatic nitrogens is 1. The molecule has 0 saturated carbocycles. The second kappa shape index (κ2) is 4.75. The number of benzene rings is 1. The van der Waals surface area contributed by atoms with E-state index in [0.717, 1.165) is 5.52 Å². The van der Waals surface area contributed by atoms with E-state index in [4.69, 9.17) is 0 Å². The fourth-order valence-electron chi connectivity index (χ4n) is 1.19. The lowest BCUT2D eigenvalue weighted by atomic mass is 9.98. The monoisotopic (exact) mass is 221 g/mol. The summed E-state index contributed by atoms with van der Waals surface area (Å²) in [5.74, 6) is 0. The highest BCUT2D eigenvalue weighted by Crippen LogP contribution is 2.30. The highest BCUT2D eigenvalue weighted by Gasteiger charge is 2.18. The lowest BCUT2D eigenvalue weighted by molar-refractivity contribution is 0.587. The highest BCUT2D eigenvalue weighted by molar-refractivity contribution is 7.18. The van der Waals surface area contributed by atoms with Gasteiger partial charge in [0.15, 0.2) is 0 Å². The molecule has 82 valence electrons. The van der Waals surface area contributed by atoms with E-state index in [1.165, 1.54) is 9.71 Å². The Labute approximate surface area is 96.2 Å². The molecule has 0 fully saturated rings. The predicted molar refractivity (Wildman–Crippen MR) is 69.7 cm³/mol. The quantitative estimate of drug-likeness (QED) is 0.632. The normalized spacial score (nSPS) is 11.0. The van der Waals surface area contributed by atoms with Gasteiger partial charge in [-0.1, -0.05) is 46.8 Å². The molecule has 0 aliphatic rings. The van der Waals surface area contributed by atoms with Gasteiger partial charge in [-0.05, 0) is 12.1 Å². The van der Waals surface area contributed by atoms with E-state index < -0.39 is 0 Å². The second-order valence-corrected chi connectivity index (χ2v) is 5.27. The Morgan fingerprint density at radius 3 is 2.20 bits per heavy atom. The van der Waals surface area contributed by atoms with Gasteiger partial charge in [-0.3, -0.25) is 0 Å². The minimum absolute atomic E-state index is 0.170. The number of para-hydroxylation sites is 1. The summed E-state index contributed by atoms with van der Waals surface area (Å²) in [5.41, 5.74) is 1.29. The van der Waals surface area contributed by atoms with Gasteiger partial charge in [0.25, 0.3) is 0 Å². The topological polar surface area (TPSA) is 12.9 Å². The average molecular weight is 221 g/mol. The van der Waals surface area contributed by atoms with E-state index in [1.54, 1.807) is 11.3 Å². The molecule has 0 N–H and O–H groups in total. The number of thiazole rings is 1. The summed E-state index contributed by atoms with van der Waals surface area (Å²) in [4.78, 5) is 4.60. The molecule has 1 nitrogen and oxygen atoms in total. The molecule has 0 radical (unpaired) electrons. The van der Waals surface area contributed by atoms with Crippen LogP contribution in [-0.4, -0.2) is 4.98 Å². The fourth-order valence-corrected chi connectivity index (χ4v) is 2.22. The first-order chi connectivity index (χ1) is 7.07. The van der Waals surface area contributed by atoms with Crippen LogP contribution in [0.4, 0.5) is 0 Å². The van der Waals surface area contributed by atoms with Crippen LogP contribution >= 0.6 is 11.3 Å². The summed E-state index contributed by atoms with van der Waals surface area (Å²) in [6.07, 6.45) is 0. The molecule has 1 aromatic heterocycles. The Kier molecular flexibility index (Phi) is 3.86. The van der Waals surface area contributed by atoms with Crippen LogP contribution in [0.15, 0.2) is 24.3 Å².